The first-order valence-corrected chi connectivity index (χ1v) is 9.09. The van der Waals surface area contributed by atoms with Crippen molar-refractivity contribution in [3.8, 4) is 0 Å². The van der Waals surface area contributed by atoms with E-state index in [1.807, 2.05) is 6.92 Å². The van der Waals surface area contributed by atoms with Crippen molar-refractivity contribution in [3.63, 3.8) is 0 Å². The molecule has 0 aromatic heterocycles. The number of hydrogen-bond acceptors (Lipinski definition) is 4. The zero-order valence-electron chi connectivity index (χ0n) is 12.7. The van der Waals surface area contributed by atoms with E-state index in [1.165, 1.54) is 20.2 Å². The van der Waals surface area contributed by atoms with Crippen molar-refractivity contribution in [2.75, 3.05) is 33.8 Å². The van der Waals surface area contributed by atoms with Crippen molar-refractivity contribution >= 4 is 31.9 Å². The molecule has 122 valence electrons. The highest BCUT2D eigenvalue weighted by atomic mass is 79.9. The van der Waals surface area contributed by atoms with Gasteiger partial charge in [0.25, 0.3) is 5.91 Å². The molecule has 1 aliphatic rings. The Morgan fingerprint density at radius 2 is 2.09 bits per heavy atom. The topological polar surface area (TPSA) is 66.9 Å². The molecule has 0 N–H and O–H groups in total. The number of benzene rings is 1. The maximum atomic E-state index is 12.6. The van der Waals surface area contributed by atoms with E-state index in [1.54, 1.807) is 17.0 Å². The van der Waals surface area contributed by atoms with Crippen LogP contribution in [0.2, 0.25) is 0 Å². The summed E-state index contributed by atoms with van der Waals surface area (Å²) in [5.41, 5.74) is 0.359. The highest BCUT2D eigenvalue weighted by molar-refractivity contribution is 9.10. The van der Waals surface area contributed by atoms with Crippen molar-refractivity contribution in [1.82, 2.24) is 9.21 Å². The van der Waals surface area contributed by atoms with Gasteiger partial charge in [-0.25, -0.2) is 12.7 Å². The molecule has 1 saturated heterocycles. The van der Waals surface area contributed by atoms with Crippen LogP contribution in [0.25, 0.3) is 0 Å². The molecule has 0 spiro atoms. The Kier molecular flexibility index (Phi) is 5.26. The highest BCUT2D eigenvalue weighted by Gasteiger charge is 2.26. The third-order valence-electron chi connectivity index (χ3n) is 3.47. The first kappa shape index (κ1) is 17.4. The first-order chi connectivity index (χ1) is 10.2. The van der Waals surface area contributed by atoms with Gasteiger partial charge >= 0.3 is 0 Å². The second-order valence-corrected chi connectivity index (χ2v) is 8.34. The van der Waals surface area contributed by atoms with Crippen molar-refractivity contribution in [2.45, 2.75) is 17.9 Å². The molecule has 1 aliphatic heterocycles. The molecular formula is C14H19BrN2O4S. The van der Waals surface area contributed by atoms with Gasteiger partial charge in [0.05, 0.1) is 17.6 Å². The summed E-state index contributed by atoms with van der Waals surface area (Å²) in [6.07, 6.45) is -0.0156. The summed E-state index contributed by atoms with van der Waals surface area (Å²) in [7, 11) is -0.698. The summed E-state index contributed by atoms with van der Waals surface area (Å²) in [6, 6.07) is 4.64. The van der Waals surface area contributed by atoms with E-state index in [9.17, 15) is 13.2 Å². The minimum Gasteiger partial charge on any atom is -0.375 e. The molecule has 1 amide bonds. The SMILES string of the molecule is C[C@H]1CN(C(=O)c2ccc(Br)c(S(=O)(=O)N(C)C)c2)CCO1. The smallest absolute Gasteiger partial charge is 0.254 e. The Labute approximate surface area is 139 Å². The molecule has 22 heavy (non-hydrogen) atoms. The van der Waals surface area contributed by atoms with Crippen LogP contribution in [0, 0.1) is 0 Å². The van der Waals surface area contributed by atoms with E-state index >= 15 is 0 Å². The van der Waals surface area contributed by atoms with Crippen LogP contribution >= 0.6 is 15.9 Å². The average molecular weight is 391 g/mol. The Hall–Kier alpha value is -0.960. The number of nitrogens with zero attached hydrogens (tertiary/aromatic N) is 2. The molecule has 0 bridgehead atoms. The summed E-state index contributed by atoms with van der Waals surface area (Å²) in [5, 5.41) is 0. The molecule has 1 atom stereocenters. The largest absolute Gasteiger partial charge is 0.375 e. The van der Waals surface area contributed by atoms with Crippen molar-refractivity contribution in [3.05, 3.63) is 28.2 Å². The Bertz CT molecular complexity index is 675. The molecule has 1 aromatic rings. The standard InChI is InChI=1S/C14H19BrN2O4S/c1-10-9-17(6-7-21-10)14(18)11-4-5-12(15)13(8-11)22(19,20)16(2)3/h4-5,8,10H,6-7,9H2,1-3H3/t10-/m0/s1. The van der Waals surface area contributed by atoms with Gasteiger partial charge < -0.3 is 9.64 Å². The molecule has 8 heteroatoms. The van der Waals surface area contributed by atoms with Crippen LogP contribution in [0.3, 0.4) is 0 Å². The van der Waals surface area contributed by atoms with E-state index in [4.69, 9.17) is 4.74 Å². The van der Waals surface area contributed by atoms with Crippen LogP contribution in [-0.2, 0) is 14.8 Å². The third-order valence-corrected chi connectivity index (χ3v) is 6.27. The van der Waals surface area contributed by atoms with Gasteiger partial charge in [-0.05, 0) is 41.1 Å². The average Bonchev–Trinajstić information content (AvgIpc) is 2.46. The molecule has 0 unspecified atom stereocenters. The van der Waals surface area contributed by atoms with Gasteiger partial charge in [0.1, 0.15) is 0 Å². The van der Waals surface area contributed by atoms with Crippen LogP contribution < -0.4 is 0 Å². The molecular weight excluding hydrogens is 372 g/mol. The fourth-order valence-electron chi connectivity index (χ4n) is 2.22. The minimum absolute atomic E-state index is 0.0156. The summed E-state index contributed by atoms with van der Waals surface area (Å²) >= 11 is 3.24. The van der Waals surface area contributed by atoms with Crippen LogP contribution in [0.4, 0.5) is 0 Å². The first-order valence-electron chi connectivity index (χ1n) is 6.86. The fraction of sp³-hybridized carbons (Fsp3) is 0.500. The maximum Gasteiger partial charge on any atom is 0.254 e. The number of ether oxygens (including phenoxy) is 1. The van der Waals surface area contributed by atoms with E-state index < -0.39 is 10.0 Å². The summed E-state index contributed by atoms with van der Waals surface area (Å²) in [5.74, 6) is -0.183. The Balaban J connectivity index is 2.35. The zero-order chi connectivity index (χ0) is 16.5. The third kappa shape index (κ3) is 3.51. The molecule has 1 heterocycles. The second kappa shape index (κ2) is 6.66. The van der Waals surface area contributed by atoms with E-state index in [0.29, 0.717) is 29.7 Å². The lowest BCUT2D eigenvalue weighted by Crippen LogP contribution is -2.44. The summed E-state index contributed by atoms with van der Waals surface area (Å²) in [6.45, 7) is 3.41. The van der Waals surface area contributed by atoms with Gasteiger partial charge in [0, 0.05) is 37.2 Å². The van der Waals surface area contributed by atoms with Gasteiger partial charge in [-0.15, -0.1) is 0 Å². The monoisotopic (exact) mass is 390 g/mol. The van der Waals surface area contributed by atoms with E-state index in [2.05, 4.69) is 15.9 Å². The molecule has 0 saturated carbocycles. The van der Waals surface area contributed by atoms with Crippen LogP contribution in [-0.4, -0.2) is 63.4 Å². The number of carbonyl (C=O) groups excluding carboxylic acids is 1. The Morgan fingerprint density at radius 3 is 2.68 bits per heavy atom. The number of morpholine rings is 1. The highest BCUT2D eigenvalue weighted by Crippen LogP contribution is 2.26. The van der Waals surface area contributed by atoms with E-state index in [-0.39, 0.29) is 16.9 Å². The lowest BCUT2D eigenvalue weighted by Gasteiger charge is -2.31. The number of halogens is 1. The van der Waals surface area contributed by atoms with Crippen molar-refractivity contribution in [1.29, 1.82) is 0 Å². The predicted molar refractivity (Wildman–Crippen MR) is 86.3 cm³/mol. The van der Waals surface area contributed by atoms with Gasteiger partial charge in [-0.3, -0.25) is 4.79 Å². The van der Waals surface area contributed by atoms with E-state index in [0.717, 1.165) is 4.31 Å². The summed E-state index contributed by atoms with van der Waals surface area (Å²) in [4.78, 5) is 14.3. The quantitative estimate of drug-likeness (QED) is 0.785. The minimum atomic E-state index is -3.61. The molecule has 0 aliphatic carbocycles. The second-order valence-electron chi connectivity index (χ2n) is 5.37. The predicted octanol–water partition coefficient (Wildman–Crippen LogP) is 1.56. The molecule has 1 aromatic carbocycles. The van der Waals surface area contributed by atoms with Gasteiger partial charge in [0.15, 0.2) is 0 Å². The van der Waals surface area contributed by atoms with Crippen molar-refractivity contribution < 1.29 is 17.9 Å². The van der Waals surface area contributed by atoms with Crippen LogP contribution in [0.1, 0.15) is 17.3 Å². The number of sulfonamides is 1. The molecule has 1 fully saturated rings. The summed E-state index contributed by atoms with van der Waals surface area (Å²) < 4.78 is 31.6. The Morgan fingerprint density at radius 1 is 1.41 bits per heavy atom. The number of hydrogen-bond donors (Lipinski definition) is 0. The molecule has 0 radical (unpaired) electrons. The number of amides is 1. The van der Waals surface area contributed by atoms with Gasteiger partial charge in [-0.1, -0.05) is 0 Å². The molecule has 6 nitrogen and oxygen atoms in total. The van der Waals surface area contributed by atoms with Crippen molar-refractivity contribution in [2.24, 2.45) is 0 Å². The van der Waals surface area contributed by atoms with Gasteiger partial charge in [-0.2, -0.15) is 0 Å². The lowest BCUT2D eigenvalue weighted by atomic mass is 10.2. The van der Waals surface area contributed by atoms with Crippen LogP contribution in [0.5, 0.6) is 0 Å². The van der Waals surface area contributed by atoms with Gasteiger partial charge in [0.2, 0.25) is 10.0 Å². The molecule has 2 rings (SSSR count). The fourth-order valence-corrected chi connectivity index (χ4v) is 4.06. The number of rotatable bonds is 3. The maximum absolute atomic E-state index is 12.6. The van der Waals surface area contributed by atoms with Crippen LogP contribution in [0.15, 0.2) is 27.6 Å². The lowest BCUT2D eigenvalue weighted by molar-refractivity contribution is -0.0124. The zero-order valence-corrected chi connectivity index (χ0v) is 15.1. The normalized spacial score (nSPS) is 19.5. The number of carbonyl (C=O) groups is 1.